The van der Waals surface area contributed by atoms with Crippen molar-refractivity contribution in [3.05, 3.63) is 101 Å². The van der Waals surface area contributed by atoms with Crippen molar-refractivity contribution in [3.8, 4) is 5.75 Å². The molecule has 0 aromatic heterocycles. The predicted molar refractivity (Wildman–Crippen MR) is 134 cm³/mol. The van der Waals surface area contributed by atoms with Crippen LogP contribution in [0.2, 0.25) is 0 Å². The zero-order chi connectivity index (χ0) is 24.6. The fourth-order valence-corrected chi connectivity index (χ4v) is 4.32. The third-order valence-corrected chi connectivity index (χ3v) is 6.18. The maximum absolute atomic E-state index is 13.3. The third kappa shape index (κ3) is 4.10. The van der Waals surface area contributed by atoms with Crippen LogP contribution in [0.15, 0.2) is 78.4 Å². The van der Waals surface area contributed by atoms with E-state index in [2.05, 4.69) is 20.8 Å². The molecule has 5 nitrogen and oxygen atoms in total. The molecule has 0 spiro atoms. The predicted octanol–water partition coefficient (Wildman–Crippen LogP) is 5.93. The minimum absolute atomic E-state index is 0.0417. The van der Waals surface area contributed by atoms with Gasteiger partial charge in [0.05, 0.1) is 24.3 Å². The van der Waals surface area contributed by atoms with Crippen LogP contribution in [-0.2, 0) is 15.0 Å². The molecule has 1 N–H and O–H groups in total. The lowest BCUT2D eigenvalue weighted by atomic mass is 9.87. The van der Waals surface area contributed by atoms with Crippen molar-refractivity contribution < 1.29 is 19.4 Å². The highest BCUT2D eigenvalue weighted by molar-refractivity contribution is 6.51. The highest BCUT2D eigenvalue weighted by Crippen LogP contribution is 2.43. The van der Waals surface area contributed by atoms with Gasteiger partial charge in [-0.05, 0) is 47.7 Å². The van der Waals surface area contributed by atoms with Crippen molar-refractivity contribution in [2.45, 2.75) is 39.2 Å². The molecule has 3 aromatic carbocycles. The van der Waals surface area contributed by atoms with Gasteiger partial charge in [0.2, 0.25) is 0 Å². The van der Waals surface area contributed by atoms with Gasteiger partial charge in [-0.25, -0.2) is 0 Å². The number of hydrogen-bond donors (Lipinski definition) is 1. The highest BCUT2D eigenvalue weighted by Gasteiger charge is 2.47. The number of carbonyl (C=O) groups is 2. The SMILES string of the molecule is COc1ccc(C)cc1/C(O)=C1\C(=O)C(=O)N(c2ccc(C(C)(C)C)cc2)C1c1ccccc1. The third-order valence-electron chi connectivity index (χ3n) is 6.18. The molecule has 0 saturated carbocycles. The number of hydrogen-bond acceptors (Lipinski definition) is 4. The first-order valence-corrected chi connectivity index (χ1v) is 11.2. The molecule has 3 aromatic rings. The smallest absolute Gasteiger partial charge is 0.300 e. The molecule has 0 bridgehead atoms. The number of aryl methyl sites for hydroxylation is 1. The van der Waals surface area contributed by atoms with Crippen molar-refractivity contribution in [1.82, 2.24) is 0 Å². The van der Waals surface area contributed by atoms with Crippen LogP contribution < -0.4 is 9.64 Å². The number of nitrogens with zero attached hydrogens (tertiary/aromatic N) is 1. The van der Waals surface area contributed by atoms with E-state index in [0.717, 1.165) is 16.7 Å². The molecule has 1 aliphatic heterocycles. The molecule has 0 radical (unpaired) electrons. The maximum atomic E-state index is 13.3. The minimum atomic E-state index is -0.771. The summed E-state index contributed by atoms with van der Waals surface area (Å²) in [6.45, 7) is 8.24. The molecular formula is C29H29NO4. The van der Waals surface area contributed by atoms with Gasteiger partial charge in [-0.3, -0.25) is 14.5 Å². The number of rotatable bonds is 4. The number of aliphatic hydroxyl groups is 1. The van der Waals surface area contributed by atoms with Crippen LogP contribution in [-0.4, -0.2) is 23.9 Å². The van der Waals surface area contributed by atoms with Gasteiger partial charge in [-0.1, -0.05) is 74.9 Å². The Labute approximate surface area is 200 Å². The summed E-state index contributed by atoms with van der Waals surface area (Å²) in [7, 11) is 1.51. The fourth-order valence-electron chi connectivity index (χ4n) is 4.32. The molecule has 1 saturated heterocycles. The number of ether oxygens (including phenoxy) is 1. The first kappa shape index (κ1) is 23.3. The van der Waals surface area contributed by atoms with Crippen LogP contribution in [0.5, 0.6) is 5.75 Å². The topological polar surface area (TPSA) is 66.8 Å². The van der Waals surface area contributed by atoms with Gasteiger partial charge < -0.3 is 9.84 Å². The second-order valence-corrected chi connectivity index (χ2v) is 9.58. The largest absolute Gasteiger partial charge is 0.507 e. The van der Waals surface area contributed by atoms with Gasteiger partial charge in [0, 0.05) is 5.69 Å². The van der Waals surface area contributed by atoms with Crippen molar-refractivity contribution in [2.75, 3.05) is 12.0 Å². The first-order chi connectivity index (χ1) is 16.1. The second kappa shape index (κ2) is 8.82. The minimum Gasteiger partial charge on any atom is -0.507 e. The van der Waals surface area contributed by atoms with Crippen molar-refractivity contribution in [1.29, 1.82) is 0 Å². The lowest BCUT2D eigenvalue weighted by Gasteiger charge is -2.27. The number of anilines is 1. The number of aliphatic hydroxyl groups excluding tert-OH is 1. The number of methoxy groups -OCH3 is 1. The van der Waals surface area contributed by atoms with Gasteiger partial charge >= 0.3 is 0 Å². The van der Waals surface area contributed by atoms with Crippen LogP contribution in [0.25, 0.3) is 5.76 Å². The number of amides is 1. The van der Waals surface area contributed by atoms with E-state index in [1.54, 1.807) is 12.1 Å². The van der Waals surface area contributed by atoms with Crippen molar-refractivity contribution in [3.63, 3.8) is 0 Å². The van der Waals surface area contributed by atoms with E-state index >= 15 is 0 Å². The normalized spacial score (nSPS) is 17.8. The van der Waals surface area contributed by atoms with Gasteiger partial charge in [0.15, 0.2) is 0 Å². The molecule has 5 heteroatoms. The summed E-state index contributed by atoms with van der Waals surface area (Å²) in [4.78, 5) is 28.2. The molecule has 1 aliphatic rings. The summed E-state index contributed by atoms with van der Waals surface area (Å²) in [5, 5.41) is 11.4. The lowest BCUT2D eigenvalue weighted by molar-refractivity contribution is -0.132. The van der Waals surface area contributed by atoms with Crippen LogP contribution in [0.4, 0.5) is 5.69 Å². The second-order valence-electron chi connectivity index (χ2n) is 9.58. The molecule has 1 amide bonds. The Morgan fingerprint density at radius 1 is 0.941 bits per heavy atom. The van der Waals surface area contributed by atoms with E-state index in [-0.39, 0.29) is 16.7 Å². The van der Waals surface area contributed by atoms with E-state index in [1.807, 2.05) is 67.6 Å². The fraction of sp³-hybridized carbons (Fsp3) is 0.241. The molecule has 1 heterocycles. The summed E-state index contributed by atoms with van der Waals surface area (Å²) in [6, 6.07) is 21.5. The molecule has 174 valence electrons. The Morgan fingerprint density at radius 3 is 2.18 bits per heavy atom. The molecular weight excluding hydrogens is 426 g/mol. The monoisotopic (exact) mass is 455 g/mol. The van der Waals surface area contributed by atoms with E-state index in [9.17, 15) is 14.7 Å². The molecule has 1 unspecified atom stereocenters. The average Bonchev–Trinajstić information content (AvgIpc) is 3.09. The summed E-state index contributed by atoms with van der Waals surface area (Å²) in [6.07, 6.45) is 0. The molecule has 1 atom stereocenters. The summed E-state index contributed by atoms with van der Waals surface area (Å²) < 4.78 is 5.44. The van der Waals surface area contributed by atoms with Crippen LogP contribution in [0.3, 0.4) is 0 Å². The van der Waals surface area contributed by atoms with E-state index < -0.39 is 17.7 Å². The van der Waals surface area contributed by atoms with E-state index in [1.165, 1.54) is 12.0 Å². The quantitative estimate of drug-likeness (QED) is 0.301. The van der Waals surface area contributed by atoms with Crippen LogP contribution in [0.1, 0.15) is 49.1 Å². The van der Waals surface area contributed by atoms with E-state index in [0.29, 0.717) is 17.0 Å². The summed E-state index contributed by atoms with van der Waals surface area (Å²) >= 11 is 0. The molecule has 0 aliphatic carbocycles. The molecule has 1 fully saturated rings. The maximum Gasteiger partial charge on any atom is 0.300 e. The Hall–Kier alpha value is -3.86. The Kier molecular flexibility index (Phi) is 6.05. The zero-order valence-electron chi connectivity index (χ0n) is 20.1. The Balaban J connectivity index is 1.93. The van der Waals surface area contributed by atoms with E-state index in [4.69, 9.17) is 4.74 Å². The zero-order valence-corrected chi connectivity index (χ0v) is 20.1. The van der Waals surface area contributed by atoms with Crippen LogP contribution in [0, 0.1) is 6.92 Å². The molecule has 4 rings (SSSR count). The Bertz CT molecular complexity index is 1270. The first-order valence-electron chi connectivity index (χ1n) is 11.2. The highest BCUT2D eigenvalue weighted by atomic mass is 16.5. The standard InChI is InChI=1S/C29H29NO4/c1-18-11-16-23(34-5)22(17-18)26(31)24-25(19-9-7-6-8-10-19)30(28(33)27(24)32)21-14-12-20(13-15-21)29(2,3)4/h6-17,25,31H,1-5H3/b26-24+. The van der Waals surface area contributed by atoms with Crippen molar-refractivity contribution >= 4 is 23.1 Å². The number of carbonyl (C=O) groups excluding carboxylic acids is 2. The number of Topliss-reactive ketones (excluding diaryl/α,β-unsaturated/α-hetero) is 1. The summed E-state index contributed by atoms with van der Waals surface area (Å²) in [5.74, 6) is -1.22. The number of ketones is 1. The average molecular weight is 456 g/mol. The number of benzene rings is 3. The van der Waals surface area contributed by atoms with Gasteiger partial charge in [-0.15, -0.1) is 0 Å². The Morgan fingerprint density at radius 2 is 1.59 bits per heavy atom. The van der Waals surface area contributed by atoms with Gasteiger partial charge in [-0.2, -0.15) is 0 Å². The molecule has 34 heavy (non-hydrogen) atoms. The lowest BCUT2D eigenvalue weighted by Crippen LogP contribution is -2.29. The van der Waals surface area contributed by atoms with Crippen molar-refractivity contribution in [2.24, 2.45) is 0 Å². The van der Waals surface area contributed by atoms with Crippen LogP contribution >= 0.6 is 0 Å². The van der Waals surface area contributed by atoms with Gasteiger partial charge in [0.25, 0.3) is 11.7 Å². The summed E-state index contributed by atoms with van der Waals surface area (Å²) in [5.41, 5.74) is 3.71. The van der Waals surface area contributed by atoms with Gasteiger partial charge in [0.1, 0.15) is 11.5 Å².